The summed E-state index contributed by atoms with van der Waals surface area (Å²) in [7, 11) is 0. The first-order valence-corrected chi connectivity index (χ1v) is 2.83. The summed E-state index contributed by atoms with van der Waals surface area (Å²) >= 11 is -3.50. The molecular weight excluding hydrogens is 371 g/mol. The summed E-state index contributed by atoms with van der Waals surface area (Å²) in [6.45, 7) is 0. The van der Waals surface area contributed by atoms with Crippen molar-refractivity contribution in [3.8, 4) is 0 Å². The van der Waals surface area contributed by atoms with Gasteiger partial charge in [-0.25, -0.2) is 0 Å². The first kappa shape index (κ1) is 29.3. The van der Waals surface area contributed by atoms with Crippen LogP contribution in [-0.2, 0) is 7.61 Å². The third-order valence-electron chi connectivity index (χ3n) is 0. The minimum Gasteiger partial charge on any atom is 0 e. The Bertz CT molecular complexity index is 47.1. The third-order valence-corrected chi connectivity index (χ3v) is 0. The zero-order chi connectivity index (χ0) is 5.41. The molecule has 0 aliphatic rings. The second-order valence-corrected chi connectivity index (χ2v) is 0.577. The molecule has 0 saturated heterocycles. The first-order chi connectivity index (χ1) is 2.83. The quantitative estimate of drug-likeness (QED) is 0.407. The summed E-state index contributed by atoms with van der Waals surface area (Å²) < 4.78 is 33.8. The molecular formula is H2Al2MgO4PrSr. The Kier molecular flexibility index (Phi) is 132. The van der Waals surface area contributed by atoms with Crippen molar-refractivity contribution in [1.82, 2.24) is 0 Å². The van der Waals surface area contributed by atoms with E-state index in [1.54, 1.807) is 0 Å². The van der Waals surface area contributed by atoms with Crippen LogP contribution in [0.25, 0.3) is 0 Å². The predicted octanol–water partition coefficient (Wildman–Crippen LogP) is -3.91. The molecule has 0 N–H and O–H groups in total. The van der Waals surface area contributed by atoms with Crippen LogP contribution < -0.4 is 8.32 Å². The van der Waals surface area contributed by atoms with E-state index < -0.39 is 31.0 Å². The standard InChI is InChI=1S/2Al.Mg.4O.Pr.Sr.2H/q;;+2;;;2*-1;;+2;2*-1. The molecule has 0 heterocycles. The minimum absolute atomic E-state index is 0. The van der Waals surface area contributed by atoms with Crippen molar-refractivity contribution >= 4 is 99.5 Å². The van der Waals surface area contributed by atoms with Crippen LogP contribution in [0.1, 0.15) is 2.85 Å². The van der Waals surface area contributed by atoms with Crippen molar-refractivity contribution in [3.63, 3.8) is 0 Å². The van der Waals surface area contributed by atoms with E-state index in [9.17, 15) is 0 Å². The van der Waals surface area contributed by atoms with E-state index in [0.717, 1.165) is 0 Å². The summed E-state index contributed by atoms with van der Waals surface area (Å²) in [6.07, 6.45) is 0. The molecule has 0 aliphatic heterocycles. The fraction of sp³-hybridized carbons (Fsp3) is 0. The average molecular weight is 373 g/mol. The molecule has 0 spiro atoms. The molecule has 0 atom stereocenters. The minimum atomic E-state index is -1.75. The second kappa shape index (κ2) is 40.7. The van der Waals surface area contributed by atoms with E-state index in [4.69, 9.17) is 15.9 Å². The molecule has 0 unspecified atom stereocenters. The van der Waals surface area contributed by atoms with Gasteiger partial charge in [0.25, 0.3) is 0 Å². The maximum Gasteiger partial charge on any atom is 2.00 e. The fourth-order valence-electron chi connectivity index (χ4n) is 0. The zero-order valence-electron chi connectivity index (χ0n) is 6.78. The monoisotopic (exact) mass is 373 g/mol. The van der Waals surface area contributed by atoms with Crippen molar-refractivity contribution in [2.75, 3.05) is 0 Å². The first-order valence-electron chi connectivity index (χ1n) is 0.943. The smallest absolute Gasteiger partial charge is 0 e. The Morgan fingerprint density at radius 3 is 1.11 bits per heavy atom. The van der Waals surface area contributed by atoms with Crippen LogP contribution in [-0.4, -0.2) is 99.5 Å². The summed E-state index contributed by atoms with van der Waals surface area (Å²) in [5.74, 6) is 0. The molecule has 1 radical (unpaired) electrons. The van der Waals surface area contributed by atoms with Gasteiger partial charge in [-0.05, 0) is 0 Å². The largest absolute Gasteiger partial charge is 2.00 e. The molecule has 9 heteroatoms. The van der Waals surface area contributed by atoms with Crippen LogP contribution in [0.4, 0.5) is 0 Å². The van der Waals surface area contributed by atoms with E-state index in [1.807, 2.05) is 0 Å². The molecule has 4 nitrogen and oxygen atoms in total. The van der Waals surface area contributed by atoms with Gasteiger partial charge >= 0.3 is 115 Å². The average Bonchev–Trinajstić information content (AvgIpc) is 1.39. The predicted molar refractivity (Wildman–Crippen MR) is 26.6 cm³/mol. The van der Waals surface area contributed by atoms with Gasteiger partial charge in [0.15, 0.2) is 0 Å². The number of rotatable bonds is 0. The van der Waals surface area contributed by atoms with Crippen LogP contribution >= 0.6 is 0 Å². The Hall–Kier alpha value is 3.88. The Balaban J connectivity index is -0.00000000400. The summed E-state index contributed by atoms with van der Waals surface area (Å²) in [6, 6.07) is 0. The summed E-state index contributed by atoms with van der Waals surface area (Å²) in [5.41, 5.74) is 0. The molecule has 0 bridgehead atoms. The number of hydrogen-bond acceptors (Lipinski definition) is 4. The maximum absolute atomic E-state index is 8.46. The molecule has 9 heavy (non-hydrogen) atoms. The van der Waals surface area contributed by atoms with Gasteiger partial charge in [0.05, 0.1) is 0 Å². The summed E-state index contributed by atoms with van der Waals surface area (Å²) in [4.78, 5) is 0. The van der Waals surface area contributed by atoms with Crippen molar-refractivity contribution in [2.24, 2.45) is 0 Å². The molecule has 0 aromatic rings. The fourth-order valence-corrected chi connectivity index (χ4v) is 0. The molecule has 0 aliphatic carbocycles. The van der Waals surface area contributed by atoms with Crippen LogP contribution in [0, 0.1) is 41.3 Å². The maximum atomic E-state index is 8.46. The summed E-state index contributed by atoms with van der Waals surface area (Å²) in [5, 5.41) is 0. The normalized spacial score (nSPS) is 1.78. The van der Waals surface area contributed by atoms with Gasteiger partial charge in [0.2, 0.25) is 0 Å². The van der Waals surface area contributed by atoms with Gasteiger partial charge in [-0.15, -0.1) is 0 Å². The van der Waals surface area contributed by atoms with Gasteiger partial charge in [-0.1, -0.05) is 0 Å². The van der Waals surface area contributed by atoms with Crippen molar-refractivity contribution < 1.29 is 60.1 Å². The molecule has 0 amide bonds. The van der Waals surface area contributed by atoms with Crippen LogP contribution in [0.2, 0.25) is 0 Å². The van der Waals surface area contributed by atoms with E-state index in [-0.39, 0.29) is 113 Å². The van der Waals surface area contributed by atoms with Crippen LogP contribution in [0.3, 0.4) is 0 Å². The van der Waals surface area contributed by atoms with E-state index in [2.05, 4.69) is 0 Å². The van der Waals surface area contributed by atoms with Crippen LogP contribution in [0.5, 0.6) is 0 Å². The van der Waals surface area contributed by atoms with Gasteiger partial charge in [-0.3, -0.25) is 0 Å². The zero-order valence-corrected chi connectivity index (χ0v) is 15.7. The Labute approximate surface area is 155 Å². The Morgan fingerprint density at radius 1 is 1.11 bits per heavy atom. The third kappa shape index (κ3) is 77.1. The van der Waals surface area contributed by atoms with Gasteiger partial charge in [0, 0.05) is 41.3 Å². The van der Waals surface area contributed by atoms with Gasteiger partial charge < -0.3 is 2.85 Å². The van der Waals surface area contributed by atoms with Crippen molar-refractivity contribution in [3.05, 3.63) is 0 Å². The van der Waals surface area contributed by atoms with Gasteiger partial charge in [0.1, 0.15) is 0 Å². The molecule has 0 aromatic heterocycles. The SMILES string of the molecule is [H-].[H-].[Mg+2].[O]=[Al][O-].[O]=[Al][O-].[Pr].[Sr+2]. The Morgan fingerprint density at radius 2 is 1.11 bits per heavy atom. The molecule has 0 saturated carbocycles. The molecule has 0 rings (SSSR count). The van der Waals surface area contributed by atoms with E-state index in [1.165, 1.54) is 0 Å². The van der Waals surface area contributed by atoms with E-state index >= 15 is 0 Å². The second-order valence-electron chi connectivity index (χ2n) is 0.192. The van der Waals surface area contributed by atoms with Crippen molar-refractivity contribution in [2.45, 2.75) is 0 Å². The topological polar surface area (TPSA) is 80.3 Å². The van der Waals surface area contributed by atoms with Crippen molar-refractivity contribution in [1.29, 1.82) is 0 Å². The van der Waals surface area contributed by atoms with Crippen LogP contribution in [0.15, 0.2) is 0 Å². The molecule has 0 aromatic carbocycles. The number of hydrogen-bond donors (Lipinski definition) is 0. The van der Waals surface area contributed by atoms with E-state index in [0.29, 0.717) is 0 Å². The molecule has 39 valence electrons. The van der Waals surface area contributed by atoms with Gasteiger partial charge in [-0.2, -0.15) is 0 Å². The molecule has 0 fully saturated rings.